The number of hydrogen-bond acceptors (Lipinski definition) is 6. The van der Waals surface area contributed by atoms with Crippen LogP contribution in [-0.4, -0.2) is 74.3 Å². The number of aromatic nitrogens is 3. The Morgan fingerprint density at radius 2 is 1.90 bits per heavy atom. The Bertz CT molecular complexity index is 1470. The molecule has 0 spiro atoms. The van der Waals surface area contributed by atoms with Gasteiger partial charge in [-0.25, -0.2) is 4.98 Å². The zero-order valence-electron chi connectivity index (χ0n) is 24.7. The van der Waals surface area contributed by atoms with E-state index in [1.807, 2.05) is 42.0 Å². The first-order chi connectivity index (χ1) is 20.2. The summed E-state index contributed by atoms with van der Waals surface area (Å²) in [6.07, 6.45) is 9.05. The minimum absolute atomic E-state index is 0.00127. The van der Waals surface area contributed by atoms with E-state index in [1.165, 1.54) is 6.08 Å². The molecular formula is C32H40N6O4. The second-order valence-electron chi connectivity index (χ2n) is 11.4. The molecule has 0 unspecified atom stereocenters. The highest BCUT2D eigenvalue weighted by Gasteiger charge is 2.30. The summed E-state index contributed by atoms with van der Waals surface area (Å²) in [5.74, 6) is 0.824. The molecule has 3 heterocycles. The fourth-order valence-corrected chi connectivity index (χ4v) is 6.16. The molecule has 2 aromatic heterocycles. The molecule has 10 nitrogen and oxygen atoms in total. The van der Waals surface area contributed by atoms with Crippen molar-refractivity contribution in [2.24, 2.45) is 0 Å². The molecule has 1 aliphatic carbocycles. The molecule has 3 amide bonds. The summed E-state index contributed by atoms with van der Waals surface area (Å²) >= 11 is 0. The second-order valence-corrected chi connectivity index (χ2v) is 11.4. The Labute approximate surface area is 246 Å². The molecule has 5 rings (SSSR count). The maximum Gasteiger partial charge on any atom is 0.258 e. The smallest absolute Gasteiger partial charge is 0.258 e. The topological polar surface area (TPSA) is 110 Å². The Morgan fingerprint density at radius 3 is 2.62 bits per heavy atom. The molecule has 2 fully saturated rings. The first kappa shape index (κ1) is 29.3. The summed E-state index contributed by atoms with van der Waals surface area (Å²) in [6, 6.07) is 9.32. The van der Waals surface area contributed by atoms with Crippen LogP contribution in [0.25, 0.3) is 11.0 Å². The number of hydrogen-bond donors (Lipinski definition) is 1. The lowest BCUT2D eigenvalue weighted by Gasteiger charge is -2.34. The number of amides is 3. The van der Waals surface area contributed by atoms with Gasteiger partial charge in [0.05, 0.1) is 17.7 Å². The molecule has 42 heavy (non-hydrogen) atoms. The summed E-state index contributed by atoms with van der Waals surface area (Å²) in [5, 5.41) is 3.05. The van der Waals surface area contributed by atoms with Gasteiger partial charge in [-0.05, 0) is 82.2 Å². The molecule has 1 atom stereocenters. The molecule has 1 N–H and O–H groups in total. The summed E-state index contributed by atoms with van der Waals surface area (Å²) in [6.45, 7) is 8.28. The van der Waals surface area contributed by atoms with Crippen molar-refractivity contribution in [3.63, 3.8) is 0 Å². The molecule has 1 saturated heterocycles. The second kappa shape index (κ2) is 12.8. The summed E-state index contributed by atoms with van der Waals surface area (Å²) in [5.41, 5.74) is 2.76. The van der Waals surface area contributed by atoms with Crippen LogP contribution >= 0.6 is 0 Å². The molecule has 1 aliphatic heterocycles. The quantitative estimate of drug-likeness (QED) is 0.404. The number of nitrogens with one attached hydrogen (secondary N) is 1. The SMILES string of the molecule is C=CC(=O)N1CCCC[C@@H](n2c(NC(=O)c3ccnc(C)c3)nc3cccc(O[C@H]4CC[C@H](N(C)C(C)=O)CC4)c32)C1. The van der Waals surface area contributed by atoms with Crippen LogP contribution in [0.3, 0.4) is 0 Å². The number of pyridine rings is 1. The van der Waals surface area contributed by atoms with Crippen molar-refractivity contribution in [3.05, 3.63) is 60.4 Å². The molecule has 10 heteroatoms. The number of para-hydroxylation sites is 1. The van der Waals surface area contributed by atoms with E-state index in [0.29, 0.717) is 35.9 Å². The number of aryl methyl sites for hydroxylation is 1. The van der Waals surface area contributed by atoms with E-state index in [1.54, 1.807) is 25.3 Å². The van der Waals surface area contributed by atoms with Crippen molar-refractivity contribution >= 4 is 34.7 Å². The number of imidazole rings is 1. The minimum Gasteiger partial charge on any atom is -0.488 e. The standard InChI is InChI=1S/C32H40N6O4/c1-5-29(40)37-18-7-6-9-25(20-37)38-30-27(34-32(38)35-31(41)23-16-17-33-21(2)19-23)10-8-11-28(30)42-26-14-12-24(13-15-26)36(4)22(3)39/h5,8,10-11,16-17,19,24-26H,1,6-7,9,12-15,18,20H2,2-4H3,(H,34,35,41)/t24-,25-,26-/m1/s1. The third kappa shape index (κ3) is 6.32. The lowest BCUT2D eigenvalue weighted by atomic mass is 9.92. The van der Waals surface area contributed by atoms with Gasteiger partial charge in [-0.15, -0.1) is 0 Å². The van der Waals surface area contributed by atoms with Gasteiger partial charge in [-0.3, -0.25) is 24.7 Å². The number of benzene rings is 1. The number of nitrogens with zero attached hydrogens (tertiary/aromatic N) is 5. The minimum atomic E-state index is -0.278. The average molecular weight is 573 g/mol. The normalized spacial score (nSPS) is 20.9. The van der Waals surface area contributed by atoms with Gasteiger partial charge in [0, 0.05) is 50.6 Å². The summed E-state index contributed by atoms with van der Waals surface area (Å²) in [7, 11) is 1.86. The van der Waals surface area contributed by atoms with Crippen LogP contribution in [0.15, 0.2) is 49.2 Å². The zero-order valence-corrected chi connectivity index (χ0v) is 24.7. The third-order valence-corrected chi connectivity index (χ3v) is 8.54. The van der Waals surface area contributed by atoms with Gasteiger partial charge in [-0.1, -0.05) is 12.6 Å². The summed E-state index contributed by atoms with van der Waals surface area (Å²) in [4.78, 5) is 50.6. The predicted molar refractivity (Wildman–Crippen MR) is 161 cm³/mol. The number of carbonyl (C=O) groups is 3. The van der Waals surface area contributed by atoms with Crippen LogP contribution in [0.4, 0.5) is 5.95 Å². The van der Waals surface area contributed by atoms with Crippen LogP contribution < -0.4 is 10.1 Å². The van der Waals surface area contributed by atoms with Gasteiger partial charge < -0.3 is 19.1 Å². The Kier molecular flexibility index (Phi) is 8.89. The van der Waals surface area contributed by atoms with E-state index < -0.39 is 0 Å². The Hall–Kier alpha value is -4.21. The van der Waals surface area contributed by atoms with Crippen LogP contribution in [-0.2, 0) is 9.59 Å². The average Bonchev–Trinajstić information content (AvgIpc) is 3.17. The molecular weight excluding hydrogens is 532 g/mol. The van der Waals surface area contributed by atoms with E-state index in [9.17, 15) is 14.4 Å². The highest BCUT2D eigenvalue weighted by molar-refractivity contribution is 6.04. The fraction of sp³-hybridized carbons (Fsp3) is 0.469. The number of rotatable bonds is 7. The van der Waals surface area contributed by atoms with Crippen molar-refractivity contribution in [1.82, 2.24) is 24.3 Å². The first-order valence-electron chi connectivity index (χ1n) is 14.8. The van der Waals surface area contributed by atoms with Crippen molar-refractivity contribution < 1.29 is 19.1 Å². The number of carbonyl (C=O) groups excluding carboxylic acids is 3. The van der Waals surface area contributed by atoms with E-state index in [2.05, 4.69) is 21.4 Å². The van der Waals surface area contributed by atoms with Crippen LogP contribution in [0.1, 0.15) is 74.0 Å². The van der Waals surface area contributed by atoms with E-state index in [4.69, 9.17) is 9.72 Å². The van der Waals surface area contributed by atoms with Gasteiger partial charge in [-0.2, -0.15) is 0 Å². The Morgan fingerprint density at radius 1 is 1.12 bits per heavy atom. The highest BCUT2D eigenvalue weighted by atomic mass is 16.5. The van der Waals surface area contributed by atoms with Gasteiger partial charge in [0.25, 0.3) is 5.91 Å². The van der Waals surface area contributed by atoms with Gasteiger partial charge in [0.1, 0.15) is 11.3 Å². The van der Waals surface area contributed by atoms with Gasteiger partial charge in [0.2, 0.25) is 17.8 Å². The third-order valence-electron chi connectivity index (χ3n) is 8.54. The largest absolute Gasteiger partial charge is 0.488 e. The Balaban J connectivity index is 1.50. The van der Waals surface area contributed by atoms with E-state index in [0.717, 1.165) is 56.2 Å². The molecule has 3 aromatic rings. The lowest BCUT2D eigenvalue weighted by molar-refractivity contribution is -0.130. The maximum atomic E-state index is 13.4. The molecule has 0 bridgehead atoms. The van der Waals surface area contributed by atoms with Crippen LogP contribution in [0, 0.1) is 6.92 Å². The van der Waals surface area contributed by atoms with Crippen molar-refractivity contribution in [2.45, 2.75) is 77.0 Å². The molecule has 0 radical (unpaired) electrons. The predicted octanol–water partition coefficient (Wildman–Crippen LogP) is 4.90. The molecule has 1 saturated carbocycles. The lowest BCUT2D eigenvalue weighted by Crippen LogP contribution is -2.40. The number of likely N-dealkylation sites (tertiary alicyclic amines) is 1. The number of ether oxygens (including phenoxy) is 1. The molecule has 222 valence electrons. The maximum absolute atomic E-state index is 13.4. The highest BCUT2D eigenvalue weighted by Crippen LogP contribution is 2.37. The van der Waals surface area contributed by atoms with E-state index in [-0.39, 0.29) is 35.9 Å². The number of fused-ring (bicyclic) bond motifs is 1. The first-order valence-corrected chi connectivity index (χ1v) is 14.8. The van der Waals surface area contributed by atoms with Crippen LogP contribution in [0.2, 0.25) is 0 Å². The molecule has 2 aliphatic rings. The van der Waals surface area contributed by atoms with Gasteiger partial charge in [0.15, 0.2) is 0 Å². The van der Waals surface area contributed by atoms with Crippen molar-refractivity contribution in [2.75, 3.05) is 25.5 Å². The summed E-state index contributed by atoms with van der Waals surface area (Å²) < 4.78 is 8.71. The van der Waals surface area contributed by atoms with Crippen molar-refractivity contribution in [3.8, 4) is 5.75 Å². The molecule has 1 aromatic carbocycles. The van der Waals surface area contributed by atoms with Crippen molar-refractivity contribution in [1.29, 1.82) is 0 Å². The van der Waals surface area contributed by atoms with E-state index >= 15 is 0 Å². The number of anilines is 1. The fourth-order valence-electron chi connectivity index (χ4n) is 6.16. The zero-order chi connectivity index (χ0) is 29.8. The van der Waals surface area contributed by atoms with Gasteiger partial charge >= 0.3 is 0 Å². The van der Waals surface area contributed by atoms with Crippen LogP contribution in [0.5, 0.6) is 5.75 Å². The monoisotopic (exact) mass is 572 g/mol.